The van der Waals surface area contributed by atoms with E-state index in [4.69, 9.17) is 11.6 Å². The molecule has 1 aliphatic heterocycles. The second-order valence-electron chi connectivity index (χ2n) is 3.34. The summed E-state index contributed by atoms with van der Waals surface area (Å²) in [6.07, 6.45) is 0. The molecule has 0 aromatic carbocycles. The quantitative estimate of drug-likeness (QED) is 0.576. The third kappa shape index (κ3) is 2.62. The summed E-state index contributed by atoms with van der Waals surface area (Å²) in [5, 5.41) is 0. The van der Waals surface area contributed by atoms with Crippen molar-refractivity contribution < 1.29 is 0 Å². The number of alkyl halides is 1. The SMILES string of the molecule is CC1CN(C)CCN1CCCl. The van der Waals surface area contributed by atoms with Crippen LogP contribution < -0.4 is 0 Å². The second kappa shape index (κ2) is 4.29. The van der Waals surface area contributed by atoms with Crippen molar-refractivity contribution in [3.63, 3.8) is 0 Å². The highest BCUT2D eigenvalue weighted by atomic mass is 35.5. The van der Waals surface area contributed by atoms with Gasteiger partial charge in [-0.25, -0.2) is 0 Å². The summed E-state index contributed by atoms with van der Waals surface area (Å²) >= 11 is 5.68. The van der Waals surface area contributed by atoms with Crippen LogP contribution in [0, 0.1) is 0 Å². The van der Waals surface area contributed by atoms with Gasteiger partial charge >= 0.3 is 0 Å². The molecule has 0 amide bonds. The van der Waals surface area contributed by atoms with Crippen molar-refractivity contribution in [3.05, 3.63) is 0 Å². The Labute approximate surface area is 74.1 Å². The monoisotopic (exact) mass is 176 g/mol. The summed E-state index contributed by atoms with van der Waals surface area (Å²) < 4.78 is 0. The smallest absolute Gasteiger partial charge is 0.0351 e. The summed E-state index contributed by atoms with van der Waals surface area (Å²) in [4.78, 5) is 4.82. The standard InChI is InChI=1S/C8H17ClN2/c1-8-7-10(2)5-6-11(8)4-3-9/h8H,3-7H2,1-2H3. The van der Waals surface area contributed by atoms with Crippen LogP contribution >= 0.6 is 11.6 Å². The first-order valence-electron chi connectivity index (χ1n) is 4.22. The van der Waals surface area contributed by atoms with E-state index in [0.29, 0.717) is 6.04 Å². The predicted octanol–water partition coefficient (Wildman–Crippen LogP) is 0.861. The minimum Gasteiger partial charge on any atom is -0.304 e. The molecule has 0 aliphatic carbocycles. The molecule has 0 spiro atoms. The number of rotatable bonds is 2. The summed E-state index contributed by atoms with van der Waals surface area (Å²) in [6.45, 7) is 6.83. The summed E-state index contributed by atoms with van der Waals surface area (Å²) in [6, 6.07) is 0.674. The maximum atomic E-state index is 5.68. The Hall–Kier alpha value is 0.210. The Morgan fingerprint density at radius 2 is 2.18 bits per heavy atom. The van der Waals surface area contributed by atoms with Crippen LogP contribution in [0.1, 0.15) is 6.92 Å². The van der Waals surface area contributed by atoms with Gasteiger partial charge in [-0.05, 0) is 14.0 Å². The van der Waals surface area contributed by atoms with Crippen LogP contribution in [0.25, 0.3) is 0 Å². The molecule has 0 bridgehead atoms. The van der Waals surface area contributed by atoms with E-state index in [0.717, 1.165) is 12.4 Å². The van der Waals surface area contributed by atoms with Gasteiger partial charge in [0, 0.05) is 38.1 Å². The van der Waals surface area contributed by atoms with Crippen molar-refractivity contribution in [2.24, 2.45) is 0 Å². The van der Waals surface area contributed by atoms with Gasteiger partial charge in [-0.2, -0.15) is 0 Å². The summed E-state index contributed by atoms with van der Waals surface area (Å²) in [5.74, 6) is 0.758. The fourth-order valence-electron chi connectivity index (χ4n) is 1.62. The van der Waals surface area contributed by atoms with Gasteiger partial charge < -0.3 is 4.90 Å². The van der Waals surface area contributed by atoms with Crippen LogP contribution in [0.15, 0.2) is 0 Å². The van der Waals surface area contributed by atoms with Gasteiger partial charge in [0.25, 0.3) is 0 Å². The molecule has 1 aliphatic rings. The minimum absolute atomic E-state index is 0.674. The molecule has 0 N–H and O–H groups in total. The maximum absolute atomic E-state index is 5.68. The molecule has 66 valence electrons. The molecule has 1 fully saturated rings. The highest BCUT2D eigenvalue weighted by Gasteiger charge is 2.19. The lowest BCUT2D eigenvalue weighted by atomic mass is 10.2. The van der Waals surface area contributed by atoms with Gasteiger partial charge in [0.2, 0.25) is 0 Å². The molecule has 1 unspecified atom stereocenters. The zero-order valence-electron chi connectivity index (χ0n) is 7.39. The van der Waals surface area contributed by atoms with Gasteiger partial charge in [-0.3, -0.25) is 4.90 Å². The fourth-order valence-corrected chi connectivity index (χ4v) is 1.84. The van der Waals surface area contributed by atoms with E-state index < -0.39 is 0 Å². The lowest BCUT2D eigenvalue weighted by Crippen LogP contribution is -2.50. The molecule has 1 atom stereocenters. The first-order chi connectivity index (χ1) is 5.24. The van der Waals surface area contributed by atoms with E-state index in [2.05, 4.69) is 23.8 Å². The Bertz CT molecular complexity index is 119. The molecule has 1 rings (SSSR count). The van der Waals surface area contributed by atoms with Crippen LogP contribution in [-0.2, 0) is 0 Å². The van der Waals surface area contributed by atoms with Crippen LogP contribution in [0.2, 0.25) is 0 Å². The highest BCUT2D eigenvalue weighted by Crippen LogP contribution is 2.06. The van der Waals surface area contributed by atoms with Gasteiger partial charge in [-0.1, -0.05) is 0 Å². The number of hydrogen-bond donors (Lipinski definition) is 0. The van der Waals surface area contributed by atoms with Crippen molar-refractivity contribution in [2.75, 3.05) is 39.1 Å². The Morgan fingerprint density at radius 3 is 2.73 bits per heavy atom. The van der Waals surface area contributed by atoms with Gasteiger partial charge in [0.15, 0.2) is 0 Å². The maximum Gasteiger partial charge on any atom is 0.0351 e. The van der Waals surface area contributed by atoms with Crippen molar-refractivity contribution in [2.45, 2.75) is 13.0 Å². The predicted molar refractivity (Wildman–Crippen MR) is 49.3 cm³/mol. The highest BCUT2D eigenvalue weighted by molar-refractivity contribution is 6.18. The number of piperazine rings is 1. The largest absolute Gasteiger partial charge is 0.304 e. The summed E-state index contributed by atoms with van der Waals surface area (Å²) in [7, 11) is 2.18. The van der Waals surface area contributed by atoms with Crippen LogP contribution in [0.3, 0.4) is 0 Å². The molecule has 1 saturated heterocycles. The zero-order chi connectivity index (χ0) is 8.27. The lowest BCUT2D eigenvalue weighted by molar-refractivity contribution is 0.106. The van der Waals surface area contributed by atoms with Crippen LogP contribution in [0.5, 0.6) is 0 Å². The normalized spacial score (nSPS) is 29.2. The van der Waals surface area contributed by atoms with Crippen molar-refractivity contribution >= 4 is 11.6 Å². The van der Waals surface area contributed by atoms with Crippen molar-refractivity contribution in [3.8, 4) is 0 Å². The van der Waals surface area contributed by atoms with Crippen LogP contribution in [-0.4, -0.2) is 54.9 Å². The Morgan fingerprint density at radius 1 is 1.45 bits per heavy atom. The fraction of sp³-hybridized carbons (Fsp3) is 1.00. The van der Waals surface area contributed by atoms with E-state index in [1.807, 2.05) is 0 Å². The lowest BCUT2D eigenvalue weighted by Gasteiger charge is -2.37. The number of halogens is 1. The molecule has 3 heteroatoms. The average Bonchev–Trinajstić information content (AvgIpc) is 1.95. The van der Waals surface area contributed by atoms with E-state index in [-0.39, 0.29) is 0 Å². The minimum atomic E-state index is 0.674. The van der Waals surface area contributed by atoms with Gasteiger partial charge in [0.05, 0.1) is 0 Å². The Kier molecular flexibility index (Phi) is 3.63. The van der Waals surface area contributed by atoms with E-state index in [9.17, 15) is 0 Å². The van der Waals surface area contributed by atoms with Crippen molar-refractivity contribution in [1.82, 2.24) is 9.80 Å². The van der Waals surface area contributed by atoms with E-state index >= 15 is 0 Å². The first kappa shape index (κ1) is 9.30. The average molecular weight is 177 g/mol. The Balaban J connectivity index is 2.31. The number of nitrogens with zero attached hydrogens (tertiary/aromatic N) is 2. The van der Waals surface area contributed by atoms with Gasteiger partial charge in [-0.15, -0.1) is 11.6 Å². The first-order valence-corrected chi connectivity index (χ1v) is 4.76. The van der Waals surface area contributed by atoms with E-state index in [1.165, 1.54) is 19.6 Å². The molecule has 0 aromatic rings. The molecule has 0 aromatic heterocycles. The third-order valence-corrected chi connectivity index (χ3v) is 2.51. The number of likely N-dealkylation sites (N-methyl/N-ethyl adjacent to an activating group) is 1. The third-order valence-electron chi connectivity index (χ3n) is 2.34. The summed E-state index contributed by atoms with van der Waals surface area (Å²) in [5.41, 5.74) is 0. The molecular weight excluding hydrogens is 160 g/mol. The zero-order valence-corrected chi connectivity index (χ0v) is 8.14. The molecule has 2 nitrogen and oxygen atoms in total. The van der Waals surface area contributed by atoms with Crippen molar-refractivity contribution in [1.29, 1.82) is 0 Å². The molecular formula is C8H17ClN2. The molecule has 11 heavy (non-hydrogen) atoms. The van der Waals surface area contributed by atoms with Crippen LogP contribution in [0.4, 0.5) is 0 Å². The van der Waals surface area contributed by atoms with E-state index in [1.54, 1.807) is 0 Å². The molecule has 1 heterocycles. The second-order valence-corrected chi connectivity index (χ2v) is 3.71. The molecule has 0 radical (unpaired) electrons. The number of hydrogen-bond acceptors (Lipinski definition) is 2. The molecule has 0 saturated carbocycles. The topological polar surface area (TPSA) is 6.48 Å². The van der Waals surface area contributed by atoms with Gasteiger partial charge in [0.1, 0.15) is 0 Å².